The number of carbonyl (C=O) groups excluding carboxylic acids is 2. The predicted octanol–water partition coefficient (Wildman–Crippen LogP) is 2.17. The van der Waals surface area contributed by atoms with Crippen molar-refractivity contribution < 1.29 is 22.7 Å². The largest absolute Gasteiger partial charge is 0.489 e. The van der Waals surface area contributed by atoms with Gasteiger partial charge in [0.25, 0.3) is 10.0 Å². The molecule has 3 rings (SSSR count). The third-order valence-electron chi connectivity index (χ3n) is 4.74. The van der Waals surface area contributed by atoms with Crippen LogP contribution in [0.2, 0.25) is 0 Å². The van der Waals surface area contributed by atoms with Crippen LogP contribution in [0.4, 0.5) is 0 Å². The molecule has 0 spiro atoms. The Morgan fingerprint density at radius 2 is 1.90 bits per heavy atom. The third-order valence-corrected chi connectivity index (χ3v) is 6.06. The fraction of sp³-hybridized carbons (Fsp3) is 0.200. The zero-order valence-electron chi connectivity index (χ0n) is 15.4. The molecule has 0 saturated heterocycles. The summed E-state index contributed by atoms with van der Waals surface area (Å²) in [5.74, 6) is -1.95. The predicted molar refractivity (Wildman–Crippen MR) is 110 cm³/mol. The number of sulfonamides is 1. The molecular weight excluding hydrogens is 416 g/mol. The van der Waals surface area contributed by atoms with Crippen molar-refractivity contribution in [3.8, 4) is 5.75 Å². The molecule has 0 bridgehead atoms. The SMILES string of the molecule is C=C[C@@H]1C[C@@]1(C(N)=O)C(=O)NS(=O)(=O)c1cccc(OCc2ccccc2)c1.Cl. The summed E-state index contributed by atoms with van der Waals surface area (Å²) in [6.07, 6.45) is 1.57. The van der Waals surface area contributed by atoms with Gasteiger partial charge in [-0.1, -0.05) is 42.5 Å². The summed E-state index contributed by atoms with van der Waals surface area (Å²) in [5.41, 5.74) is 4.68. The van der Waals surface area contributed by atoms with Crippen LogP contribution in [-0.2, 0) is 26.2 Å². The first-order chi connectivity index (χ1) is 13.3. The molecule has 3 N–H and O–H groups in total. The number of primary amides is 1. The van der Waals surface area contributed by atoms with Gasteiger partial charge in [0, 0.05) is 12.0 Å². The monoisotopic (exact) mass is 436 g/mol. The van der Waals surface area contributed by atoms with Gasteiger partial charge in [0.1, 0.15) is 17.8 Å². The van der Waals surface area contributed by atoms with Crippen LogP contribution in [0.1, 0.15) is 12.0 Å². The molecule has 0 radical (unpaired) electrons. The van der Waals surface area contributed by atoms with E-state index in [1.54, 1.807) is 6.07 Å². The Balaban J connectivity index is 0.00000300. The molecule has 154 valence electrons. The number of halogens is 1. The van der Waals surface area contributed by atoms with Gasteiger partial charge in [0.2, 0.25) is 11.8 Å². The normalized spacial score (nSPS) is 20.1. The third kappa shape index (κ3) is 4.60. The van der Waals surface area contributed by atoms with Crippen LogP contribution in [-0.4, -0.2) is 20.2 Å². The minimum absolute atomic E-state index is 0. The number of hydrogen-bond donors (Lipinski definition) is 2. The fourth-order valence-corrected chi connectivity index (χ4v) is 4.05. The second-order valence-electron chi connectivity index (χ2n) is 6.57. The standard InChI is InChI=1S/C20H20N2O5S.ClH/c1-2-15-12-20(15,18(21)23)19(24)22-28(25,26)17-10-6-9-16(11-17)27-13-14-7-4-3-5-8-14;/h2-11,15H,1,12-13H2,(H2,21,23)(H,22,24);1H/t15-,20-;/m1./s1. The summed E-state index contributed by atoms with van der Waals surface area (Å²) < 4.78 is 32.8. The van der Waals surface area contributed by atoms with Crippen molar-refractivity contribution in [3.63, 3.8) is 0 Å². The quantitative estimate of drug-likeness (QED) is 0.486. The molecular formula is C20H21ClN2O5S. The smallest absolute Gasteiger partial charge is 0.264 e. The highest BCUT2D eigenvalue weighted by molar-refractivity contribution is 7.90. The van der Waals surface area contributed by atoms with Gasteiger partial charge >= 0.3 is 0 Å². The van der Waals surface area contributed by atoms with Crippen molar-refractivity contribution in [2.75, 3.05) is 0 Å². The first kappa shape index (κ1) is 22.4. The molecule has 1 aliphatic carbocycles. The van der Waals surface area contributed by atoms with Gasteiger partial charge in [-0.15, -0.1) is 19.0 Å². The second-order valence-corrected chi connectivity index (χ2v) is 8.25. The summed E-state index contributed by atoms with van der Waals surface area (Å²) in [4.78, 5) is 24.0. The van der Waals surface area contributed by atoms with Crippen molar-refractivity contribution >= 4 is 34.2 Å². The molecule has 1 fully saturated rings. The molecule has 7 nitrogen and oxygen atoms in total. The Hall–Kier alpha value is -2.84. The number of allylic oxidation sites excluding steroid dienone is 1. The summed E-state index contributed by atoms with van der Waals surface area (Å²) in [7, 11) is -4.19. The summed E-state index contributed by atoms with van der Waals surface area (Å²) >= 11 is 0. The number of ether oxygens (including phenoxy) is 1. The van der Waals surface area contributed by atoms with E-state index in [2.05, 4.69) is 6.58 Å². The lowest BCUT2D eigenvalue weighted by Gasteiger charge is -2.14. The topological polar surface area (TPSA) is 116 Å². The van der Waals surface area contributed by atoms with Gasteiger partial charge < -0.3 is 10.5 Å². The zero-order valence-corrected chi connectivity index (χ0v) is 17.0. The van der Waals surface area contributed by atoms with Crippen molar-refractivity contribution in [2.24, 2.45) is 17.1 Å². The molecule has 2 amide bonds. The van der Waals surface area contributed by atoms with Gasteiger partial charge in [-0.05, 0) is 24.1 Å². The zero-order chi connectivity index (χ0) is 20.4. The van der Waals surface area contributed by atoms with Crippen LogP contribution in [0.15, 0.2) is 72.1 Å². The highest BCUT2D eigenvalue weighted by atomic mass is 35.5. The molecule has 0 unspecified atom stereocenters. The minimum Gasteiger partial charge on any atom is -0.489 e. The molecule has 9 heteroatoms. The Kier molecular flexibility index (Phi) is 6.71. The Bertz CT molecular complexity index is 1030. The van der Waals surface area contributed by atoms with Gasteiger partial charge in [0.15, 0.2) is 0 Å². The number of amides is 2. The Morgan fingerprint density at radius 3 is 2.48 bits per heavy atom. The van der Waals surface area contributed by atoms with Crippen LogP contribution in [0.3, 0.4) is 0 Å². The molecule has 1 aliphatic rings. The molecule has 2 aromatic rings. The van der Waals surface area contributed by atoms with E-state index in [4.69, 9.17) is 10.5 Å². The minimum atomic E-state index is -4.19. The molecule has 2 aromatic carbocycles. The number of nitrogens with two attached hydrogens (primary N) is 1. The molecule has 0 aliphatic heterocycles. The maximum Gasteiger partial charge on any atom is 0.264 e. The Labute approximate surface area is 175 Å². The first-order valence-electron chi connectivity index (χ1n) is 8.56. The number of hydrogen-bond acceptors (Lipinski definition) is 5. The van der Waals surface area contributed by atoms with E-state index in [-0.39, 0.29) is 30.3 Å². The van der Waals surface area contributed by atoms with Crippen molar-refractivity contribution in [1.82, 2.24) is 4.72 Å². The van der Waals surface area contributed by atoms with Gasteiger partial charge in [-0.2, -0.15) is 0 Å². The van der Waals surface area contributed by atoms with Crippen LogP contribution in [0, 0.1) is 11.3 Å². The van der Waals surface area contributed by atoms with E-state index in [1.165, 1.54) is 24.3 Å². The van der Waals surface area contributed by atoms with Crippen LogP contribution < -0.4 is 15.2 Å². The summed E-state index contributed by atoms with van der Waals surface area (Å²) in [6.45, 7) is 3.81. The average molecular weight is 437 g/mol. The first-order valence-corrected chi connectivity index (χ1v) is 10.0. The van der Waals surface area contributed by atoms with Gasteiger partial charge in [-0.3, -0.25) is 9.59 Å². The lowest BCUT2D eigenvalue weighted by molar-refractivity contribution is -0.134. The number of benzene rings is 2. The second kappa shape index (κ2) is 8.67. The van der Waals surface area contributed by atoms with E-state index >= 15 is 0 Å². The van der Waals surface area contributed by atoms with Crippen molar-refractivity contribution in [1.29, 1.82) is 0 Å². The van der Waals surface area contributed by atoms with E-state index in [9.17, 15) is 18.0 Å². The van der Waals surface area contributed by atoms with Gasteiger partial charge in [0.05, 0.1) is 4.90 Å². The number of carbonyl (C=O) groups is 2. The van der Waals surface area contributed by atoms with Crippen molar-refractivity contribution in [3.05, 3.63) is 72.8 Å². The molecule has 0 aromatic heterocycles. The lowest BCUT2D eigenvalue weighted by Crippen LogP contribution is -2.44. The van der Waals surface area contributed by atoms with E-state index in [0.29, 0.717) is 5.75 Å². The summed E-state index contributed by atoms with van der Waals surface area (Å²) in [6, 6.07) is 15.2. The molecule has 0 heterocycles. The number of nitrogens with one attached hydrogen (secondary N) is 1. The van der Waals surface area contributed by atoms with E-state index in [0.717, 1.165) is 5.56 Å². The average Bonchev–Trinajstić information content (AvgIpc) is 3.43. The fourth-order valence-electron chi connectivity index (χ4n) is 2.97. The highest BCUT2D eigenvalue weighted by Gasteiger charge is 2.64. The maximum absolute atomic E-state index is 12.6. The van der Waals surface area contributed by atoms with Gasteiger partial charge in [-0.25, -0.2) is 13.1 Å². The van der Waals surface area contributed by atoms with Crippen molar-refractivity contribution in [2.45, 2.75) is 17.9 Å². The summed E-state index contributed by atoms with van der Waals surface area (Å²) in [5, 5.41) is 0. The maximum atomic E-state index is 12.6. The number of rotatable bonds is 8. The van der Waals surface area contributed by atoms with E-state index < -0.39 is 33.2 Å². The lowest BCUT2D eigenvalue weighted by atomic mass is 10.0. The van der Waals surface area contributed by atoms with Crippen LogP contribution >= 0.6 is 12.4 Å². The highest BCUT2D eigenvalue weighted by Crippen LogP contribution is 2.53. The molecule has 1 saturated carbocycles. The molecule has 2 atom stereocenters. The van der Waals surface area contributed by atoms with E-state index in [1.807, 2.05) is 35.1 Å². The Morgan fingerprint density at radius 1 is 1.21 bits per heavy atom. The molecule has 29 heavy (non-hydrogen) atoms. The van der Waals surface area contributed by atoms with Crippen LogP contribution in [0.25, 0.3) is 0 Å². The van der Waals surface area contributed by atoms with Crippen LogP contribution in [0.5, 0.6) is 5.75 Å².